The first-order valence-corrected chi connectivity index (χ1v) is 10.4. The molecule has 1 aliphatic heterocycles. The third-order valence-corrected chi connectivity index (χ3v) is 5.83. The van der Waals surface area contributed by atoms with Crippen LogP contribution in [0.2, 0.25) is 0 Å². The second kappa shape index (κ2) is 8.91. The molecule has 0 saturated carbocycles. The molecular weight excluding hydrogens is 413 g/mol. The third kappa shape index (κ3) is 5.35. The number of amides is 1. The molecule has 1 aliphatic rings. The lowest BCUT2D eigenvalue weighted by molar-refractivity contribution is 0.0660. The van der Waals surface area contributed by atoms with Crippen LogP contribution in [0, 0.1) is 0 Å². The van der Waals surface area contributed by atoms with Crippen molar-refractivity contribution in [3.05, 3.63) is 58.3 Å². The van der Waals surface area contributed by atoms with Crippen LogP contribution in [0.3, 0.4) is 0 Å². The van der Waals surface area contributed by atoms with Crippen LogP contribution < -0.4 is 5.32 Å². The number of carbonyl (C=O) groups excluding carboxylic acids is 1. The molecule has 4 nitrogen and oxygen atoms in total. The summed E-state index contributed by atoms with van der Waals surface area (Å²) in [5.74, 6) is -0.219. The molecule has 0 aliphatic carbocycles. The highest BCUT2D eigenvalue weighted by Crippen LogP contribution is 2.33. The number of piperazine rings is 1. The van der Waals surface area contributed by atoms with E-state index in [4.69, 9.17) is 34.8 Å². The molecule has 140 valence electrons. The van der Waals surface area contributed by atoms with E-state index in [-0.39, 0.29) is 5.91 Å². The molecule has 1 saturated heterocycles. The Balaban J connectivity index is 1.59. The molecule has 1 N–H and O–H groups in total. The maximum atomic E-state index is 12.4. The highest BCUT2D eigenvalue weighted by molar-refractivity contribution is 7.12. The fourth-order valence-electron chi connectivity index (χ4n) is 3.00. The smallest absolute Gasteiger partial charge is 0.262 e. The summed E-state index contributed by atoms with van der Waals surface area (Å²) in [5.41, 5.74) is 1.28. The predicted octanol–water partition coefficient (Wildman–Crippen LogP) is 3.99. The van der Waals surface area contributed by atoms with Crippen molar-refractivity contribution in [2.75, 3.05) is 26.2 Å². The van der Waals surface area contributed by atoms with Gasteiger partial charge in [0.15, 0.2) is 0 Å². The average molecular weight is 433 g/mol. The average Bonchev–Trinajstić information content (AvgIpc) is 3.15. The summed E-state index contributed by atoms with van der Waals surface area (Å²) >= 11 is 19.9. The van der Waals surface area contributed by atoms with Crippen molar-refractivity contribution in [1.82, 2.24) is 15.1 Å². The van der Waals surface area contributed by atoms with E-state index in [1.807, 2.05) is 34.5 Å². The van der Waals surface area contributed by atoms with Gasteiger partial charge in [-0.25, -0.2) is 0 Å². The van der Waals surface area contributed by atoms with Crippen LogP contribution in [-0.2, 0) is 6.54 Å². The van der Waals surface area contributed by atoms with E-state index in [0.717, 1.165) is 32.7 Å². The Labute approximate surface area is 172 Å². The minimum Gasteiger partial charge on any atom is -0.332 e. The van der Waals surface area contributed by atoms with E-state index >= 15 is 0 Å². The van der Waals surface area contributed by atoms with Crippen LogP contribution >= 0.6 is 46.1 Å². The number of hydrogen-bond donors (Lipinski definition) is 1. The van der Waals surface area contributed by atoms with Gasteiger partial charge in [-0.1, -0.05) is 71.2 Å². The van der Waals surface area contributed by atoms with Crippen molar-refractivity contribution >= 4 is 52.0 Å². The van der Waals surface area contributed by atoms with Gasteiger partial charge in [0, 0.05) is 32.7 Å². The van der Waals surface area contributed by atoms with Crippen LogP contribution in [0.1, 0.15) is 15.2 Å². The summed E-state index contributed by atoms with van der Waals surface area (Å²) < 4.78 is -1.60. The number of rotatable bonds is 5. The minimum atomic E-state index is -1.60. The first kappa shape index (κ1) is 19.9. The molecule has 2 aromatic rings. The maximum absolute atomic E-state index is 12.4. The first-order chi connectivity index (χ1) is 12.4. The second-order valence-corrected chi connectivity index (χ2v) is 9.51. The van der Waals surface area contributed by atoms with Crippen LogP contribution in [0.5, 0.6) is 0 Å². The molecule has 1 amide bonds. The van der Waals surface area contributed by atoms with Gasteiger partial charge >= 0.3 is 0 Å². The van der Waals surface area contributed by atoms with Crippen molar-refractivity contribution in [3.8, 4) is 0 Å². The summed E-state index contributed by atoms with van der Waals surface area (Å²) in [6.45, 7) is 4.03. The zero-order valence-electron chi connectivity index (χ0n) is 14.1. The largest absolute Gasteiger partial charge is 0.332 e. The molecule has 0 bridgehead atoms. The van der Waals surface area contributed by atoms with E-state index in [1.165, 1.54) is 16.9 Å². The van der Waals surface area contributed by atoms with Gasteiger partial charge in [0.2, 0.25) is 3.79 Å². The summed E-state index contributed by atoms with van der Waals surface area (Å²) in [7, 11) is 0. The van der Waals surface area contributed by atoms with E-state index < -0.39 is 9.96 Å². The topological polar surface area (TPSA) is 35.6 Å². The van der Waals surface area contributed by atoms with Crippen molar-refractivity contribution in [2.24, 2.45) is 0 Å². The Bertz CT molecular complexity index is 698. The van der Waals surface area contributed by atoms with E-state index in [9.17, 15) is 4.79 Å². The van der Waals surface area contributed by atoms with Gasteiger partial charge in [0.25, 0.3) is 5.91 Å². The van der Waals surface area contributed by atoms with Crippen LogP contribution in [0.4, 0.5) is 0 Å². The van der Waals surface area contributed by atoms with Crippen molar-refractivity contribution in [3.63, 3.8) is 0 Å². The predicted molar refractivity (Wildman–Crippen MR) is 109 cm³/mol. The number of alkyl halides is 3. The highest BCUT2D eigenvalue weighted by atomic mass is 35.6. The standard InChI is InChI=1S/C18H20Cl3N3OS/c19-18(20,21)17(22-16(25)15-7-4-12-26-15)24-10-8-23(9-11-24)13-14-5-2-1-3-6-14/h1-7,12,17H,8-11,13H2,(H,22,25). The van der Waals surface area contributed by atoms with Crippen LogP contribution in [-0.4, -0.2) is 51.8 Å². The Hall–Kier alpha value is -0.820. The summed E-state index contributed by atoms with van der Waals surface area (Å²) in [6.07, 6.45) is -0.666. The zero-order valence-corrected chi connectivity index (χ0v) is 17.2. The molecule has 8 heteroatoms. The molecule has 2 heterocycles. The zero-order chi connectivity index (χ0) is 18.6. The Morgan fingerprint density at radius 1 is 1.08 bits per heavy atom. The van der Waals surface area contributed by atoms with Gasteiger partial charge < -0.3 is 5.32 Å². The number of carbonyl (C=O) groups is 1. The van der Waals surface area contributed by atoms with Crippen molar-refractivity contribution in [1.29, 1.82) is 0 Å². The van der Waals surface area contributed by atoms with Gasteiger partial charge in [-0.05, 0) is 17.0 Å². The Morgan fingerprint density at radius 2 is 1.77 bits per heavy atom. The number of benzene rings is 1. The molecule has 1 aromatic carbocycles. The molecule has 26 heavy (non-hydrogen) atoms. The van der Waals surface area contributed by atoms with Gasteiger partial charge in [-0.15, -0.1) is 11.3 Å². The Kier molecular flexibility index (Phi) is 6.83. The molecule has 1 aromatic heterocycles. The molecule has 1 fully saturated rings. The van der Waals surface area contributed by atoms with Gasteiger partial charge in [-0.3, -0.25) is 14.6 Å². The van der Waals surface area contributed by atoms with Crippen molar-refractivity contribution < 1.29 is 4.79 Å². The number of halogens is 3. The maximum Gasteiger partial charge on any atom is 0.262 e. The number of nitrogens with zero attached hydrogens (tertiary/aromatic N) is 2. The highest BCUT2D eigenvalue weighted by Gasteiger charge is 2.39. The van der Waals surface area contributed by atoms with E-state index in [1.54, 1.807) is 6.07 Å². The summed E-state index contributed by atoms with van der Waals surface area (Å²) in [5, 5.41) is 4.73. The van der Waals surface area contributed by atoms with Gasteiger partial charge in [-0.2, -0.15) is 0 Å². The molecule has 0 spiro atoms. The molecule has 1 atom stereocenters. The SMILES string of the molecule is O=C(NC(N1CCN(Cc2ccccc2)CC1)C(Cl)(Cl)Cl)c1cccs1. The van der Waals surface area contributed by atoms with Gasteiger partial charge in [0.1, 0.15) is 6.17 Å². The molecule has 1 unspecified atom stereocenters. The fraction of sp³-hybridized carbons (Fsp3) is 0.389. The third-order valence-electron chi connectivity index (χ3n) is 4.34. The molecular formula is C18H20Cl3N3OS. The number of hydrogen-bond acceptors (Lipinski definition) is 4. The van der Waals surface area contributed by atoms with E-state index in [0.29, 0.717) is 4.88 Å². The lowest BCUT2D eigenvalue weighted by atomic mass is 10.2. The molecule has 0 radical (unpaired) electrons. The van der Waals surface area contributed by atoms with Crippen molar-refractivity contribution in [2.45, 2.75) is 16.5 Å². The lowest BCUT2D eigenvalue weighted by Gasteiger charge is -2.41. The minimum absolute atomic E-state index is 0.219. The second-order valence-electron chi connectivity index (χ2n) is 6.19. The normalized spacial score (nSPS) is 17.8. The van der Waals surface area contributed by atoms with Crippen LogP contribution in [0.25, 0.3) is 0 Å². The van der Waals surface area contributed by atoms with Gasteiger partial charge in [0.05, 0.1) is 4.88 Å². The molecule has 3 rings (SSSR count). The number of thiophene rings is 1. The fourth-order valence-corrected chi connectivity index (χ4v) is 4.21. The quantitative estimate of drug-likeness (QED) is 0.726. The van der Waals surface area contributed by atoms with Crippen LogP contribution in [0.15, 0.2) is 47.8 Å². The lowest BCUT2D eigenvalue weighted by Crippen LogP contribution is -2.60. The van der Waals surface area contributed by atoms with E-state index in [2.05, 4.69) is 22.3 Å². The summed E-state index contributed by atoms with van der Waals surface area (Å²) in [6, 6.07) is 13.9. The monoisotopic (exact) mass is 431 g/mol. The Morgan fingerprint density at radius 3 is 2.35 bits per heavy atom. The first-order valence-electron chi connectivity index (χ1n) is 8.35. The summed E-state index contributed by atoms with van der Waals surface area (Å²) in [4.78, 5) is 17.4. The number of nitrogens with one attached hydrogen (secondary N) is 1.